The van der Waals surface area contributed by atoms with E-state index in [1.165, 1.54) is 12.8 Å². The van der Waals surface area contributed by atoms with Gasteiger partial charge in [0.2, 0.25) is 5.91 Å². The van der Waals surface area contributed by atoms with Crippen LogP contribution in [0, 0.1) is 5.92 Å². The number of carbonyl (C=O) groups is 2. The van der Waals surface area contributed by atoms with Crippen LogP contribution in [-0.4, -0.2) is 49.9 Å². The van der Waals surface area contributed by atoms with Gasteiger partial charge < -0.3 is 15.5 Å². The summed E-state index contributed by atoms with van der Waals surface area (Å²) in [6.45, 7) is 3.56. The van der Waals surface area contributed by atoms with Gasteiger partial charge in [0.1, 0.15) is 0 Å². The van der Waals surface area contributed by atoms with Crippen LogP contribution in [0.4, 0.5) is 0 Å². The van der Waals surface area contributed by atoms with Crippen LogP contribution >= 0.6 is 11.6 Å². The topological polar surface area (TPSA) is 61.4 Å². The fourth-order valence-electron chi connectivity index (χ4n) is 3.01. The number of nitrogens with one attached hydrogen (secondary N) is 2. The van der Waals surface area contributed by atoms with Crippen LogP contribution in [0.5, 0.6) is 0 Å². The van der Waals surface area contributed by atoms with Gasteiger partial charge in [-0.3, -0.25) is 9.59 Å². The highest BCUT2D eigenvalue weighted by atomic mass is 35.5. The Morgan fingerprint density at radius 1 is 1.12 bits per heavy atom. The standard InChI is InChI=1S/C19H28ClN3O2/c1-23-13-9-15(10-14-23)8-12-21-18(24)3-2-11-22-19(25)16-4-6-17(20)7-5-16/h4-7,15H,2-3,8-14H2,1H3,(H,21,24)(H,22,25). The first-order valence-corrected chi connectivity index (χ1v) is 9.41. The molecule has 6 heteroatoms. The molecule has 5 nitrogen and oxygen atoms in total. The van der Waals surface area contributed by atoms with Crippen LogP contribution in [0.2, 0.25) is 5.02 Å². The van der Waals surface area contributed by atoms with Gasteiger partial charge in [0.15, 0.2) is 0 Å². The fraction of sp³-hybridized carbons (Fsp3) is 0.579. The number of rotatable bonds is 8. The molecule has 0 atom stereocenters. The van der Waals surface area contributed by atoms with Gasteiger partial charge in [-0.25, -0.2) is 0 Å². The average molecular weight is 366 g/mol. The lowest BCUT2D eigenvalue weighted by atomic mass is 9.94. The summed E-state index contributed by atoms with van der Waals surface area (Å²) in [5.74, 6) is 0.656. The molecule has 1 aliphatic heterocycles. The highest BCUT2D eigenvalue weighted by molar-refractivity contribution is 6.30. The van der Waals surface area contributed by atoms with Crippen molar-refractivity contribution in [2.24, 2.45) is 5.92 Å². The summed E-state index contributed by atoms with van der Waals surface area (Å²) < 4.78 is 0. The first-order chi connectivity index (χ1) is 12.0. The van der Waals surface area contributed by atoms with Crippen molar-refractivity contribution in [1.29, 1.82) is 0 Å². The van der Waals surface area contributed by atoms with Gasteiger partial charge in [-0.15, -0.1) is 0 Å². The van der Waals surface area contributed by atoms with Gasteiger partial charge in [-0.2, -0.15) is 0 Å². The first kappa shape index (κ1) is 19.7. The molecule has 0 radical (unpaired) electrons. The number of halogens is 1. The zero-order valence-corrected chi connectivity index (χ0v) is 15.6. The fourth-order valence-corrected chi connectivity index (χ4v) is 3.14. The number of hydrogen-bond acceptors (Lipinski definition) is 3. The number of carbonyl (C=O) groups excluding carboxylic acids is 2. The Labute approximate surface area is 155 Å². The van der Waals surface area contributed by atoms with Gasteiger partial charge in [0.05, 0.1) is 0 Å². The molecule has 0 unspecified atom stereocenters. The summed E-state index contributed by atoms with van der Waals surface area (Å²) in [7, 11) is 2.16. The third kappa shape index (κ3) is 7.45. The third-order valence-corrected chi connectivity index (χ3v) is 4.94. The maximum Gasteiger partial charge on any atom is 0.251 e. The van der Waals surface area contributed by atoms with Crippen LogP contribution in [0.1, 0.15) is 42.5 Å². The summed E-state index contributed by atoms with van der Waals surface area (Å²) in [4.78, 5) is 26.1. The van der Waals surface area contributed by atoms with Gasteiger partial charge in [0, 0.05) is 30.1 Å². The summed E-state index contributed by atoms with van der Waals surface area (Å²) in [5, 5.41) is 6.41. The maximum atomic E-state index is 11.9. The predicted octanol–water partition coefficient (Wildman–Crippen LogP) is 2.70. The normalized spacial score (nSPS) is 15.8. The molecule has 0 bridgehead atoms. The van der Waals surface area contributed by atoms with Crippen molar-refractivity contribution in [2.45, 2.75) is 32.1 Å². The monoisotopic (exact) mass is 365 g/mol. The molecule has 0 aromatic heterocycles. The van der Waals surface area contributed by atoms with Crippen molar-refractivity contribution in [3.05, 3.63) is 34.9 Å². The lowest BCUT2D eigenvalue weighted by Crippen LogP contribution is -2.33. The van der Waals surface area contributed by atoms with Crippen molar-refractivity contribution in [1.82, 2.24) is 15.5 Å². The van der Waals surface area contributed by atoms with E-state index in [0.717, 1.165) is 32.0 Å². The molecule has 1 fully saturated rings. The molecule has 1 aromatic rings. The van der Waals surface area contributed by atoms with Crippen LogP contribution < -0.4 is 10.6 Å². The highest BCUT2D eigenvalue weighted by Gasteiger charge is 2.16. The molecule has 1 saturated heterocycles. The molecule has 0 aliphatic carbocycles. The van der Waals surface area contributed by atoms with E-state index >= 15 is 0 Å². The second kappa shape index (κ2) is 10.4. The molecule has 2 rings (SSSR count). The molecule has 138 valence electrons. The van der Waals surface area contributed by atoms with E-state index in [0.29, 0.717) is 30.0 Å². The van der Waals surface area contributed by atoms with E-state index in [9.17, 15) is 9.59 Å². The molecular weight excluding hydrogens is 338 g/mol. The number of piperidine rings is 1. The quantitative estimate of drug-likeness (QED) is 0.696. The summed E-state index contributed by atoms with van der Waals surface area (Å²) in [6, 6.07) is 6.75. The van der Waals surface area contributed by atoms with E-state index in [1.807, 2.05) is 0 Å². The second-order valence-electron chi connectivity index (χ2n) is 6.75. The van der Waals surface area contributed by atoms with Gasteiger partial charge in [0.25, 0.3) is 5.91 Å². The Hall–Kier alpha value is -1.59. The first-order valence-electron chi connectivity index (χ1n) is 9.03. The molecule has 2 amide bonds. The van der Waals surface area contributed by atoms with Gasteiger partial charge in [-0.1, -0.05) is 11.6 Å². The molecule has 1 aromatic carbocycles. The van der Waals surface area contributed by atoms with Gasteiger partial charge in [-0.05, 0) is 76.0 Å². The molecule has 0 saturated carbocycles. The molecule has 0 spiro atoms. The predicted molar refractivity (Wildman–Crippen MR) is 101 cm³/mol. The number of nitrogens with zero attached hydrogens (tertiary/aromatic N) is 1. The summed E-state index contributed by atoms with van der Waals surface area (Å²) >= 11 is 5.80. The molecule has 2 N–H and O–H groups in total. The zero-order valence-electron chi connectivity index (χ0n) is 14.9. The minimum absolute atomic E-state index is 0.0636. The molecular formula is C19H28ClN3O2. The van der Waals surface area contributed by atoms with Crippen LogP contribution in [0.3, 0.4) is 0 Å². The number of hydrogen-bond donors (Lipinski definition) is 2. The Morgan fingerprint density at radius 3 is 2.48 bits per heavy atom. The second-order valence-corrected chi connectivity index (χ2v) is 7.19. The van der Waals surface area contributed by atoms with E-state index in [2.05, 4.69) is 22.6 Å². The van der Waals surface area contributed by atoms with E-state index in [4.69, 9.17) is 11.6 Å². The largest absolute Gasteiger partial charge is 0.356 e. The molecule has 25 heavy (non-hydrogen) atoms. The van der Waals surface area contributed by atoms with Crippen LogP contribution in [0.25, 0.3) is 0 Å². The van der Waals surface area contributed by atoms with E-state index < -0.39 is 0 Å². The zero-order chi connectivity index (χ0) is 18.1. The Morgan fingerprint density at radius 2 is 1.80 bits per heavy atom. The summed E-state index contributed by atoms with van der Waals surface area (Å²) in [6.07, 6.45) is 4.59. The van der Waals surface area contributed by atoms with Crippen molar-refractivity contribution >= 4 is 23.4 Å². The lowest BCUT2D eigenvalue weighted by Gasteiger charge is -2.28. The van der Waals surface area contributed by atoms with Crippen LogP contribution in [0.15, 0.2) is 24.3 Å². The van der Waals surface area contributed by atoms with Gasteiger partial charge >= 0.3 is 0 Å². The Kier molecular flexibility index (Phi) is 8.22. The smallest absolute Gasteiger partial charge is 0.251 e. The highest BCUT2D eigenvalue weighted by Crippen LogP contribution is 2.18. The van der Waals surface area contributed by atoms with Crippen molar-refractivity contribution in [3.63, 3.8) is 0 Å². The van der Waals surface area contributed by atoms with Crippen molar-refractivity contribution in [3.8, 4) is 0 Å². The molecule has 1 aliphatic rings. The van der Waals surface area contributed by atoms with E-state index in [1.54, 1.807) is 24.3 Å². The summed E-state index contributed by atoms with van der Waals surface area (Å²) in [5.41, 5.74) is 0.576. The Bertz CT molecular complexity index is 554. The number of amides is 2. The van der Waals surface area contributed by atoms with Crippen molar-refractivity contribution < 1.29 is 9.59 Å². The maximum absolute atomic E-state index is 11.9. The lowest BCUT2D eigenvalue weighted by molar-refractivity contribution is -0.121. The number of benzene rings is 1. The Balaban J connectivity index is 1.52. The minimum atomic E-state index is -0.139. The van der Waals surface area contributed by atoms with E-state index in [-0.39, 0.29) is 11.8 Å². The molecule has 1 heterocycles. The third-order valence-electron chi connectivity index (χ3n) is 4.69. The van der Waals surface area contributed by atoms with Crippen LogP contribution in [-0.2, 0) is 4.79 Å². The number of likely N-dealkylation sites (tertiary alicyclic amines) is 1. The average Bonchev–Trinajstić information content (AvgIpc) is 2.61. The SMILES string of the molecule is CN1CCC(CCNC(=O)CCCNC(=O)c2ccc(Cl)cc2)CC1. The minimum Gasteiger partial charge on any atom is -0.356 e. The van der Waals surface area contributed by atoms with Crippen molar-refractivity contribution in [2.75, 3.05) is 33.2 Å².